The van der Waals surface area contributed by atoms with Crippen molar-refractivity contribution in [1.29, 1.82) is 0 Å². The molecule has 2 aliphatic heterocycles. The second-order valence-electron chi connectivity index (χ2n) is 11.5. The molecule has 0 unspecified atom stereocenters. The van der Waals surface area contributed by atoms with Gasteiger partial charge in [-0.1, -0.05) is 36.4 Å². The Morgan fingerprint density at radius 2 is 1.02 bits per heavy atom. The highest BCUT2D eigenvalue weighted by atomic mass is 16.2. The van der Waals surface area contributed by atoms with E-state index in [1.54, 1.807) is 9.80 Å². The lowest BCUT2D eigenvalue weighted by atomic mass is 10.1. The Labute approximate surface area is 248 Å². The minimum atomic E-state index is -0.438. The standard InChI is InChI=1S/C32H42N6O4/c1-35(2)21-29(39)37-19-5-7-27(37)31(41)33-25-15-11-23(12-16-25)9-10-24-13-17-26(18-14-24)34-32(42)28-8-6-20-38(28)30(40)22-36(3)4/h9-18,27-28H,5-8,19-22H2,1-4H3,(H,33,41)(H,34,42)/t27-,28-/m0/s1. The van der Waals surface area contributed by atoms with Gasteiger partial charge in [0.1, 0.15) is 12.1 Å². The molecule has 0 aliphatic carbocycles. The number of carbonyl (C=O) groups is 4. The lowest BCUT2D eigenvalue weighted by Gasteiger charge is -2.25. The summed E-state index contributed by atoms with van der Waals surface area (Å²) in [6, 6.07) is 14.2. The molecular weight excluding hydrogens is 532 g/mol. The smallest absolute Gasteiger partial charge is 0.247 e. The van der Waals surface area contributed by atoms with E-state index in [4.69, 9.17) is 0 Å². The fourth-order valence-electron chi connectivity index (χ4n) is 5.40. The molecule has 0 spiro atoms. The van der Waals surface area contributed by atoms with Gasteiger partial charge in [0.2, 0.25) is 23.6 Å². The molecule has 224 valence electrons. The molecule has 10 nitrogen and oxygen atoms in total. The highest BCUT2D eigenvalue weighted by Gasteiger charge is 2.35. The van der Waals surface area contributed by atoms with Crippen molar-refractivity contribution in [1.82, 2.24) is 19.6 Å². The molecular formula is C32H42N6O4. The fourth-order valence-corrected chi connectivity index (χ4v) is 5.40. The van der Waals surface area contributed by atoms with Crippen LogP contribution in [0.15, 0.2) is 48.5 Å². The number of likely N-dealkylation sites (tertiary alicyclic amines) is 2. The Kier molecular flexibility index (Phi) is 10.5. The number of hydrogen-bond acceptors (Lipinski definition) is 6. The summed E-state index contributed by atoms with van der Waals surface area (Å²) in [5, 5.41) is 5.91. The van der Waals surface area contributed by atoms with E-state index in [1.165, 1.54) is 0 Å². The van der Waals surface area contributed by atoms with Crippen LogP contribution in [0.2, 0.25) is 0 Å². The van der Waals surface area contributed by atoms with Crippen molar-refractivity contribution in [3.63, 3.8) is 0 Å². The number of hydrogen-bond donors (Lipinski definition) is 2. The summed E-state index contributed by atoms with van der Waals surface area (Å²) in [5.74, 6) is -0.367. The number of amides is 4. The molecule has 0 radical (unpaired) electrons. The van der Waals surface area contributed by atoms with Crippen LogP contribution in [0.5, 0.6) is 0 Å². The molecule has 2 aromatic rings. The largest absolute Gasteiger partial charge is 0.330 e. The zero-order valence-corrected chi connectivity index (χ0v) is 25.0. The quantitative estimate of drug-likeness (QED) is 0.423. The predicted octanol–water partition coefficient (Wildman–Crippen LogP) is 2.84. The lowest BCUT2D eigenvalue weighted by Crippen LogP contribution is -2.46. The number of nitrogens with one attached hydrogen (secondary N) is 2. The van der Waals surface area contributed by atoms with Crippen molar-refractivity contribution in [3.8, 4) is 0 Å². The Morgan fingerprint density at radius 3 is 1.36 bits per heavy atom. The maximum absolute atomic E-state index is 12.9. The van der Waals surface area contributed by atoms with Gasteiger partial charge in [0, 0.05) is 24.5 Å². The number of nitrogens with zero attached hydrogens (tertiary/aromatic N) is 4. The molecule has 0 aromatic heterocycles. The molecule has 4 amide bonds. The maximum atomic E-state index is 12.9. The summed E-state index contributed by atoms with van der Waals surface area (Å²) >= 11 is 0. The van der Waals surface area contributed by atoms with Gasteiger partial charge in [0.25, 0.3) is 0 Å². The highest BCUT2D eigenvalue weighted by Crippen LogP contribution is 2.22. The van der Waals surface area contributed by atoms with E-state index in [1.807, 2.05) is 98.7 Å². The number of likely N-dealkylation sites (N-methyl/N-ethyl adjacent to an activating group) is 2. The average Bonchev–Trinajstić information content (AvgIpc) is 3.63. The minimum Gasteiger partial charge on any atom is -0.330 e. The van der Waals surface area contributed by atoms with Crippen molar-refractivity contribution < 1.29 is 19.2 Å². The average molecular weight is 575 g/mol. The van der Waals surface area contributed by atoms with Crippen molar-refractivity contribution >= 4 is 47.2 Å². The van der Waals surface area contributed by atoms with E-state index in [-0.39, 0.29) is 23.6 Å². The van der Waals surface area contributed by atoms with E-state index in [0.29, 0.717) is 50.4 Å². The molecule has 2 N–H and O–H groups in total. The number of rotatable bonds is 10. The second-order valence-corrected chi connectivity index (χ2v) is 11.5. The zero-order chi connectivity index (χ0) is 30.2. The van der Waals surface area contributed by atoms with Gasteiger partial charge in [-0.05, 0) is 89.3 Å². The van der Waals surface area contributed by atoms with Gasteiger partial charge in [0.15, 0.2) is 0 Å². The van der Waals surface area contributed by atoms with Crippen LogP contribution in [-0.4, -0.2) is 110 Å². The first kappa shape index (κ1) is 30.9. The molecule has 2 atom stereocenters. The van der Waals surface area contributed by atoms with Crippen LogP contribution in [0.25, 0.3) is 12.2 Å². The van der Waals surface area contributed by atoms with Gasteiger partial charge in [-0.2, -0.15) is 0 Å². The molecule has 2 heterocycles. The topological polar surface area (TPSA) is 105 Å². The highest BCUT2D eigenvalue weighted by molar-refractivity contribution is 5.98. The van der Waals surface area contributed by atoms with Gasteiger partial charge in [0.05, 0.1) is 13.1 Å². The zero-order valence-electron chi connectivity index (χ0n) is 25.0. The minimum absolute atomic E-state index is 0.0268. The van der Waals surface area contributed by atoms with Crippen LogP contribution in [0.4, 0.5) is 11.4 Å². The summed E-state index contributed by atoms with van der Waals surface area (Å²) in [6.45, 7) is 1.81. The third kappa shape index (κ3) is 8.27. The first-order valence-corrected chi connectivity index (χ1v) is 14.5. The first-order valence-electron chi connectivity index (χ1n) is 14.5. The Morgan fingerprint density at radius 1 is 0.667 bits per heavy atom. The van der Waals surface area contributed by atoms with Crippen molar-refractivity contribution in [2.24, 2.45) is 0 Å². The Balaban J connectivity index is 1.28. The molecule has 4 rings (SSSR count). The van der Waals surface area contributed by atoms with E-state index < -0.39 is 12.1 Å². The molecule has 2 saturated heterocycles. The second kappa shape index (κ2) is 14.2. The van der Waals surface area contributed by atoms with Gasteiger partial charge in [-0.3, -0.25) is 19.2 Å². The Bertz CT molecular complexity index is 1190. The normalized spacial score (nSPS) is 18.7. The molecule has 0 bridgehead atoms. The molecule has 42 heavy (non-hydrogen) atoms. The van der Waals surface area contributed by atoms with Crippen LogP contribution in [0.3, 0.4) is 0 Å². The van der Waals surface area contributed by atoms with Crippen LogP contribution in [0, 0.1) is 0 Å². The molecule has 2 aliphatic rings. The summed E-state index contributed by atoms with van der Waals surface area (Å²) in [4.78, 5) is 57.8. The van der Waals surface area contributed by atoms with Crippen molar-refractivity contribution in [2.75, 3.05) is 65.0 Å². The van der Waals surface area contributed by atoms with E-state index in [2.05, 4.69) is 10.6 Å². The van der Waals surface area contributed by atoms with Crippen molar-refractivity contribution in [2.45, 2.75) is 37.8 Å². The van der Waals surface area contributed by atoms with Crippen molar-refractivity contribution in [3.05, 3.63) is 59.7 Å². The van der Waals surface area contributed by atoms with Crippen LogP contribution in [-0.2, 0) is 19.2 Å². The van der Waals surface area contributed by atoms with Gasteiger partial charge in [-0.15, -0.1) is 0 Å². The maximum Gasteiger partial charge on any atom is 0.247 e. The van der Waals surface area contributed by atoms with E-state index in [9.17, 15) is 19.2 Å². The fraction of sp³-hybridized carbons (Fsp3) is 0.438. The summed E-state index contributed by atoms with van der Waals surface area (Å²) in [6.07, 6.45) is 6.94. The lowest BCUT2D eigenvalue weighted by molar-refractivity contribution is -0.137. The van der Waals surface area contributed by atoms with Crippen LogP contribution in [0.1, 0.15) is 36.8 Å². The summed E-state index contributed by atoms with van der Waals surface area (Å²) in [7, 11) is 7.38. The molecule has 0 saturated carbocycles. The number of anilines is 2. The van der Waals surface area contributed by atoms with Gasteiger partial charge < -0.3 is 30.2 Å². The van der Waals surface area contributed by atoms with Gasteiger partial charge in [-0.25, -0.2) is 0 Å². The third-order valence-electron chi connectivity index (χ3n) is 7.48. The van der Waals surface area contributed by atoms with E-state index >= 15 is 0 Å². The number of benzene rings is 2. The molecule has 2 fully saturated rings. The van der Waals surface area contributed by atoms with E-state index in [0.717, 1.165) is 24.0 Å². The molecule has 2 aromatic carbocycles. The number of carbonyl (C=O) groups excluding carboxylic acids is 4. The predicted molar refractivity (Wildman–Crippen MR) is 166 cm³/mol. The van der Waals surface area contributed by atoms with Gasteiger partial charge >= 0.3 is 0 Å². The summed E-state index contributed by atoms with van der Waals surface area (Å²) in [5.41, 5.74) is 3.32. The van der Waals surface area contributed by atoms with Crippen LogP contribution >= 0.6 is 0 Å². The first-order chi connectivity index (χ1) is 20.1. The molecule has 10 heteroatoms. The third-order valence-corrected chi connectivity index (χ3v) is 7.48. The SMILES string of the molecule is CN(C)CC(=O)N1CCC[C@H]1C(=O)Nc1ccc(C=Cc2ccc(NC(=O)[C@@H]3CCCN3C(=O)CN(C)C)cc2)cc1. The monoisotopic (exact) mass is 574 g/mol. The van der Waals surface area contributed by atoms with Crippen LogP contribution < -0.4 is 10.6 Å². The summed E-state index contributed by atoms with van der Waals surface area (Å²) < 4.78 is 0. The Hall–Kier alpha value is -4.02.